The number of carboxylic acid groups (broad SMARTS) is 2. The fraction of sp³-hybridized carbons (Fsp3) is 0.652. The Kier molecular flexibility index (Phi) is 9.61. The average molecular weight is 405 g/mol. The van der Waals surface area contributed by atoms with E-state index in [4.69, 9.17) is 19.8 Å². The van der Waals surface area contributed by atoms with Crippen LogP contribution in [0.25, 0.3) is 0 Å². The average Bonchev–Trinajstić information content (AvgIpc) is 2.73. The molecule has 0 amide bonds. The first kappa shape index (κ1) is 23.4. The van der Waals surface area contributed by atoms with Crippen LogP contribution in [0.2, 0.25) is 0 Å². The molecular weight excluding hydrogens is 368 g/mol. The van der Waals surface area contributed by atoms with Gasteiger partial charge in [-0.3, -0.25) is 4.90 Å². The molecule has 1 aromatic carbocycles. The summed E-state index contributed by atoms with van der Waals surface area (Å²) in [5, 5.41) is 14.8. The Morgan fingerprint density at radius 3 is 2.17 bits per heavy atom. The second-order valence-corrected chi connectivity index (χ2v) is 8.35. The molecule has 1 saturated heterocycles. The van der Waals surface area contributed by atoms with Gasteiger partial charge in [-0.15, -0.1) is 0 Å². The maximum absolute atomic E-state index is 9.10. The molecule has 1 saturated carbocycles. The van der Waals surface area contributed by atoms with Gasteiger partial charge in [0, 0.05) is 18.6 Å². The van der Waals surface area contributed by atoms with Gasteiger partial charge < -0.3 is 15.1 Å². The van der Waals surface area contributed by atoms with E-state index in [1.165, 1.54) is 63.7 Å². The van der Waals surface area contributed by atoms with Crippen molar-refractivity contribution in [1.29, 1.82) is 0 Å². The van der Waals surface area contributed by atoms with Gasteiger partial charge in [0.25, 0.3) is 0 Å². The minimum atomic E-state index is -1.82. The van der Waals surface area contributed by atoms with E-state index in [0.717, 1.165) is 24.5 Å². The van der Waals surface area contributed by atoms with Gasteiger partial charge in [0.1, 0.15) is 0 Å². The third-order valence-electron chi connectivity index (χ3n) is 6.26. The molecule has 0 radical (unpaired) electrons. The van der Waals surface area contributed by atoms with Crippen molar-refractivity contribution in [2.75, 3.05) is 19.6 Å². The lowest BCUT2D eigenvalue weighted by Gasteiger charge is -2.43. The van der Waals surface area contributed by atoms with E-state index in [1.807, 2.05) is 0 Å². The van der Waals surface area contributed by atoms with Gasteiger partial charge in [-0.2, -0.15) is 0 Å². The summed E-state index contributed by atoms with van der Waals surface area (Å²) in [6.07, 6.45) is 8.48. The zero-order valence-corrected chi connectivity index (χ0v) is 17.8. The summed E-state index contributed by atoms with van der Waals surface area (Å²) >= 11 is 0. The number of rotatable bonds is 5. The quantitative estimate of drug-likeness (QED) is 0.728. The topological polar surface area (TPSA) is 81.1 Å². The van der Waals surface area contributed by atoms with Crippen LogP contribution in [0.5, 0.6) is 0 Å². The van der Waals surface area contributed by atoms with Crippen molar-refractivity contribution in [1.82, 2.24) is 9.80 Å². The fourth-order valence-corrected chi connectivity index (χ4v) is 4.67. The van der Waals surface area contributed by atoms with Crippen LogP contribution in [0.1, 0.15) is 57.9 Å². The summed E-state index contributed by atoms with van der Waals surface area (Å²) in [6.45, 7) is 9.67. The number of carbonyl (C=O) groups is 2. The van der Waals surface area contributed by atoms with Crippen molar-refractivity contribution in [2.24, 2.45) is 5.92 Å². The summed E-state index contributed by atoms with van der Waals surface area (Å²) < 4.78 is 0. The highest BCUT2D eigenvalue weighted by molar-refractivity contribution is 6.27. The Balaban J connectivity index is 0.000000438. The van der Waals surface area contributed by atoms with Crippen molar-refractivity contribution < 1.29 is 19.8 Å². The Morgan fingerprint density at radius 2 is 1.66 bits per heavy atom. The van der Waals surface area contributed by atoms with Crippen molar-refractivity contribution in [3.63, 3.8) is 0 Å². The normalized spacial score (nSPS) is 23.3. The summed E-state index contributed by atoms with van der Waals surface area (Å²) in [6, 6.07) is 12.6. The van der Waals surface area contributed by atoms with Crippen LogP contribution >= 0.6 is 0 Å². The SMILES string of the molecule is CCN(Cc1ccccc1)C1CCN(C2CCCC(C)C2)CC1.O=C(O)C(=O)O. The van der Waals surface area contributed by atoms with Crippen LogP contribution in [-0.2, 0) is 16.1 Å². The number of aliphatic carboxylic acids is 2. The lowest BCUT2D eigenvalue weighted by molar-refractivity contribution is -0.159. The molecule has 6 heteroatoms. The van der Waals surface area contributed by atoms with Crippen LogP contribution in [0.3, 0.4) is 0 Å². The highest BCUT2D eigenvalue weighted by Gasteiger charge is 2.30. The van der Waals surface area contributed by atoms with Crippen molar-refractivity contribution >= 4 is 11.9 Å². The lowest BCUT2D eigenvalue weighted by Crippen LogP contribution is -2.48. The number of nitrogens with zero attached hydrogens (tertiary/aromatic N) is 2. The zero-order chi connectivity index (χ0) is 21.2. The van der Waals surface area contributed by atoms with Gasteiger partial charge in [0.05, 0.1) is 0 Å². The van der Waals surface area contributed by atoms with Gasteiger partial charge in [0.15, 0.2) is 0 Å². The van der Waals surface area contributed by atoms with E-state index in [2.05, 4.69) is 54.0 Å². The summed E-state index contributed by atoms with van der Waals surface area (Å²) in [5.41, 5.74) is 1.46. The maximum atomic E-state index is 9.10. The van der Waals surface area contributed by atoms with Crippen LogP contribution in [0.4, 0.5) is 0 Å². The lowest BCUT2D eigenvalue weighted by atomic mass is 9.85. The molecule has 162 valence electrons. The van der Waals surface area contributed by atoms with Gasteiger partial charge in [-0.05, 0) is 56.8 Å². The second-order valence-electron chi connectivity index (χ2n) is 8.35. The molecule has 1 aromatic rings. The van der Waals surface area contributed by atoms with Gasteiger partial charge in [-0.1, -0.05) is 57.0 Å². The Morgan fingerprint density at radius 1 is 1.03 bits per heavy atom. The molecule has 2 unspecified atom stereocenters. The van der Waals surface area contributed by atoms with E-state index in [0.29, 0.717) is 0 Å². The van der Waals surface area contributed by atoms with Crippen molar-refractivity contribution in [2.45, 2.75) is 71.0 Å². The first-order valence-corrected chi connectivity index (χ1v) is 10.9. The predicted molar refractivity (Wildman–Crippen MR) is 114 cm³/mol. The molecule has 2 atom stereocenters. The highest BCUT2D eigenvalue weighted by atomic mass is 16.4. The molecule has 2 fully saturated rings. The first-order chi connectivity index (χ1) is 13.9. The van der Waals surface area contributed by atoms with E-state index in [9.17, 15) is 0 Å². The van der Waals surface area contributed by atoms with E-state index < -0.39 is 11.9 Å². The Labute approximate surface area is 174 Å². The van der Waals surface area contributed by atoms with Crippen molar-refractivity contribution in [3.05, 3.63) is 35.9 Å². The molecule has 2 N–H and O–H groups in total. The molecule has 6 nitrogen and oxygen atoms in total. The number of hydrogen-bond donors (Lipinski definition) is 2. The molecule has 29 heavy (non-hydrogen) atoms. The predicted octanol–water partition coefficient (Wildman–Crippen LogP) is 3.71. The van der Waals surface area contributed by atoms with Crippen LogP contribution in [-0.4, -0.2) is 63.7 Å². The highest BCUT2D eigenvalue weighted by Crippen LogP contribution is 2.30. The van der Waals surface area contributed by atoms with Crippen molar-refractivity contribution in [3.8, 4) is 0 Å². The molecule has 0 spiro atoms. The summed E-state index contributed by atoms with van der Waals surface area (Å²) in [7, 11) is 0. The molecule has 0 bridgehead atoms. The van der Waals surface area contributed by atoms with Gasteiger partial charge in [-0.25, -0.2) is 9.59 Å². The largest absolute Gasteiger partial charge is 0.473 e. The maximum Gasteiger partial charge on any atom is 0.414 e. The Bertz CT molecular complexity index is 617. The monoisotopic (exact) mass is 404 g/mol. The molecule has 1 aliphatic heterocycles. The van der Waals surface area contributed by atoms with E-state index in [1.54, 1.807) is 0 Å². The fourth-order valence-electron chi connectivity index (χ4n) is 4.67. The minimum Gasteiger partial charge on any atom is -0.473 e. The standard InChI is InChI=1S/C21H34N2.C2H2O4/c1-3-22(17-19-9-5-4-6-10-19)20-12-14-23(15-13-20)21-11-7-8-18(2)16-21;3-1(4)2(5)6/h4-6,9-10,18,20-21H,3,7-8,11-17H2,1-2H3;(H,3,4)(H,5,6). The number of hydrogen-bond acceptors (Lipinski definition) is 4. The van der Waals surface area contributed by atoms with Crippen LogP contribution in [0.15, 0.2) is 30.3 Å². The molecule has 2 aliphatic rings. The third-order valence-corrected chi connectivity index (χ3v) is 6.26. The molecule has 1 aliphatic carbocycles. The summed E-state index contributed by atoms with van der Waals surface area (Å²) in [4.78, 5) is 23.7. The van der Waals surface area contributed by atoms with Crippen LogP contribution < -0.4 is 0 Å². The zero-order valence-electron chi connectivity index (χ0n) is 17.8. The first-order valence-electron chi connectivity index (χ1n) is 10.9. The Hall–Kier alpha value is -1.92. The van der Waals surface area contributed by atoms with Crippen LogP contribution in [0, 0.1) is 5.92 Å². The molecule has 1 heterocycles. The van der Waals surface area contributed by atoms with Gasteiger partial charge >= 0.3 is 11.9 Å². The number of likely N-dealkylation sites (tertiary alicyclic amines) is 1. The summed E-state index contributed by atoms with van der Waals surface area (Å²) in [5.74, 6) is -2.71. The van der Waals surface area contributed by atoms with E-state index in [-0.39, 0.29) is 0 Å². The molecular formula is C23H36N2O4. The molecule has 0 aromatic heterocycles. The van der Waals surface area contributed by atoms with Gasteiger partial charge in [0.2, 0.25) is 0 Å². The molecule has 3 rings (SSSR count). The smallest absolute Gasteiger partial charge is 0.414 e. The number of benzene rings is 1. The third kappa shape index (κ3) is 7.78. The number of piperidine rings is 1. The number of carboxylic acids is 2. The van der Waals surface area contributed by atoms with E-state index >= 15 is 0 Å². The second kappa shape index (κ2) is 11.9. The minimum absolute atomic E-state index is 0.775.